The number of nitrogens with zero attached hydrogens (tertiary/aromatic N) is 3. The molecule has 5 nitrogen and oxygen atoms in total. The van der Waals surface area contributed by atoms with Gasteiger partial charge < -0.3 is 9.64 Å². The second kappa shape index (κ2) is 5.38. The highest BCUT2D eigenvalue weighted by Crippen LogP contribution is 2.35. The van der Waals surface area contributed by atoms with Gasteiger partial charge in [0.1, 0.15) is 16.5 Å². The van der Waals surface area contributed by atoms with E-state index in [9.17, 15) is 18.0 Å². The minimum absolute atomic E-state index is 0.174. The number of alkyl halides is 3. The molecular weight excluding hydrogens is 335 g/mol. The van der Waals surface area contributed by atoms with E-state index in [1.165, 1.54) is 11.0 Å². The highest BCUT2D eigenvalue weighted by molar-refractivity contribution is 6.30. The van der Waals surface area contributed by atoms with Gasteiger partial charge in [-0.25, -0.2) is 4.98 Å². The van der Waals surface area contributed by atoms with Crippen molar-refractivity contribution >= 4 is 17.5 Å². The summed E-state index contributed by atoms with van der Waals surface area (Å²) in [7, 11) is 1.64. The Kier molecular flexibility index (Phi) is 3.63. The number of halogens is 4. The number of benzene rings is 1. The van der Waals surface area contributed by atoms with Crippen molar-refractivity contribution in [3.8, 4) is 11.8 Å². The molecule has 23 heavy (non-hydrogen) atoms. The molecule has 1 aliphatic heterocycles. The first-order valence-corrected chi connectivity index (χ1v) is 6.80. The van der Waals surface area contributed by atoms with Crippen LogP contribution in [0.2, 0.25) is 5.15 Å². The minimum Gasteiger partial charge on any atom is -0.423 e. The fourth-order valence-corrected chi connectivity index (χ4v) is 2.47. The fraction of sp³-hybridized carbons (Fsp3) is 0.214. The number of hydrogen-bond donors (Lipinski definition) is 0. The van der Waals surface area contributed by atoms with Gasteiger partial charge in [0.2, 0.25) is 0 Å². The number of fused-ring (bicyclic) bond motifs is 1. The van der Waals surface area contributed by atoms with Gasteiger partial charge in [0.25, 0.3) is 5.91 Å². The molecule has 1 aliphatic rings. The predicted octanol–water partition coefficient (Wildman–Crippen LogP) is 3.53. The van der Waals surface area contributed by atoms with Gasteiger partial charge in [0.15, 0.2) is 0 Å². The normalized spacial score (nSPS) is 14.1. The third kappa shape index (κ3) is 2.81. The number of rotatable bonds is 2. The number of hydrogen-bond acceptors (Lipinski definition) is 4. The van der Waals surface area contributed by atoms with Crippen molar-refractivity contribution in [3.05, 3.63) is 46.2 Å². The first-order valence-electron chi connectivity index (χ1n) is 6.42. The summed E-state index contributed by atoms with van der Waals surface area (Å²) >= 11 is 5.52. The van der Waals surface area contributed by atoms with Gasteiger partial charge in [-0.1, -0.05) is 23.7 Å². The summed E-state index contributed by atoms with van der Waals surface area (Å²) < 4.78 is 43.2. The van der Waals surface area contributed by atoms with Gasteiger partial charge in [-0.3, -0.25) is 4.79 Å². The smallest absolute Gasteiger partial charge is 0.420 e. The zero-order chi connectivity index (χ0) is 16.8. The molecule has 0 N–H and O–H groups in total. The van der Waals surface area contributed by atoms with E-state index in [1.54, 1.807) is 19.2 Å². The zero-order valence-electron chi connectivity index (χ0n) is 11.7. The Labute approximate surface area is 133 Å². The quantitative estimate of drug-likeness (QED) is 0.783. The Hall–Kier alpha value is -2.35. The maximum Gasteiger partial charge on any atom is 0.420 e. The summed E-state index contributed by atoms with van der Waals surface area (Å²) in [6, 6.07) is 4.60. The molecule has 1 aromatic carbocycles. The van der Waals surface area contributed by atoms with Crippen LogP contribution in [0.5, 0.6) is 11.8 Å². The van der Waals surface area contributed by atoms with Crippen LogP contribution in [0, 0.1) is 0 Å². The summed E-state index contributed by atoms with van der Waals surface area (Å²) in [5.74, 6) is -0.0683. The molecule has 0 aliphatic carbocycles. The predicted molar refractivity (Wildman–Crippen MR) is 74.4 cm³/mol. The maximum absolute atomic E-state index is 12.6. The van der Waals surface area contributed by atoms with E-state index in [-0.39, 0.29) is 17.7 Å². The molecule has 0 saturated heterocycles. The van der Waals surface area contributed by atoms with Crippen molar-refractivity contribution in [2.75, 3.05) is 7.05 Å². The summed E-state index contributed by atoms with van der Waals surface area (Å²) in [5.41, 5.74) is -0.0526. The topological polar surface area (TPSA) is 55.3 Å². The molecule has 3 rings (SSSR count). The molecule has 0 atom stereocenters. The van der Waals surface area contributed by atoms with Crippen LogP contribution in [-0.2, 0) is 12.7 Å². The molecular formula is C14H9ClF3N3O2. The highest BCUT2D eigenvalue weighted by Gasteiger charge is 2.35. The Bertz CT molecular complexity index is 795. The average Bonchev–Trinajstić information content (AvgIpc) is 2.74. The molecule has 0 unspecified atom stereocenters. The molecule has 2 heterocycles. The molecule has 2 aromatic rings. The van der Waals surface area contributed by atoms with E-state index in [0.717, 1.165) is 5.56 Å². The number of ether oxygens (including phenoxy) is 1. The van der Waals surface area contributed by atoms with Crippen LogP contribution >= 0.6 is 11.6 Å². The van der Waals surface area contributed by atoms with Crippen LogP contribution in [0.25, 0.3) is 0 Å². The SMILES string of the molecule is CN1Cc2cccc(Oc3ncc(C(F)(F)F)c(Cl)n3)c2C1=O. The first-order chi connectivity index (χ1) is 10.8. The van der Waals surface area contributed by atoms with Crippen molar-refractivity contribution in [2.45, 2.75) is 12.7 Å². The maximum atomic E-state index is 12.6. The van der Waals surface area contributed by atoms with Crippen LogP contribution in [0.15, 0.2) is 24.4 Å². The standard InChI is InChI=1S/C14H9ClF3N3O2/c1-21-6-7-3-2-4-9(10(7)12(21)22)23-13-19-5-8(11(15)20-13)14(16,17)18/h2-5H,6H2,1H3. The highest BCUT2D eigenvalue weighted by atomic mass is 35.5. The van der Waals surface area contributed by atoms with Crippen molar-refractivity contribution in [2.24, 2.45) is 0 Å². The Morgan fingerprint density at radius 1 is 1.35 bits per heavy atom. The van der Waals surface area contributed by atoms with Crippen molar-refractivity contribution in [3.63, 3.8) is 0 Å². The van der Waals surface area contributed by atoms with E-state index in [2.05, 4.69) is 9.97 Å². The van der Waals surface area contributed by atoms with Crippen molar-refractivity contribution in [1.29, 1.82) is 0 Å². The monoisotopic (exact) mass is 343 g/mol. The molecule has 9 heteroatoms. The minimum atomic E-state index is -4.65. The second-order valence-corrected chi connectivity index (χ2v) is 5.27. The van der Waals surface area contributed by atoms with Gasteiger partial charge >= 0.3 is 12.2 Å². The lowest BCUT2D eigenvalue weighted by Crippen LogP contribution is -2.17. The summed E-state index contributed by atoms with van der Waals surface area (Å²) in [6.45, 7) is 0.431. The van der Waals surface area contributed by atoms with E-state index in [0.29, 0.717) is 18.3 Å². The average molecular weight is 344 g/mol. The van der Waals surface area contributed by atoms with Crippen molar-refractivity contribution in [1.82, 2.24) is 14.9 Å². The van der Waals surface area contributed by atoms with Crippen LogP contribution in [0.4, 0.5) is 13.2 Å². The van der Waals surface area contributed by atoms with Crippen LogP contribution in [-0.4, -0.2) is 27.8 Å². The molecule has 1 aromatic heterocycles. The summed E-state index contributed by atoms with van der Waals surface area (Å²) in [6.07, 6.45) is -4.11. The van der Waals surface area contributed by atoms with E-state index >= 15 is 0 Å². The molecule has 0 bridgehead atoms. The van der Waals surface area contributed by atoms with Crippen LogP contribution in [0.3, 0.4) is 0 Å². The summed E-state index contributed by atoms with van der Waals surface area (Å²) in [5, 5.41) is -0.765. The third-order valence-electron chi connectivity index (χ3n) is 3.31. The molecule has 1 amide bonds. The molecule has 0 saturated carbocycles. The largest absolute Gasteiger partial charge is 0.423 e. The van der Waals surface area contributed by atoms with E-state index < -0.39 is 16.9 Å². The van der Waals surface area contributed by atoms with Crippen LogP contribution in [0.1, 0.15) is 21.5 Å². The Balaban J connectivity index is 1.95. The lowest BCUT2D eigenvalue weighted by atomic mass is 10.1. The lowest BCUT2D eigenvalue weighted by Gasteiger charge is -2.10. The Morgan fingerprint density at radius 2 is 2.09 bits per heavy atom. The number of carbonyl (C=O) groups excluding carboxylic acids is 1. The molecule has 120 valence electrons. The lowest BCUT2D eigenvalue weighted by molar-refractivity contribution is -0.138. The molecule has 0 spiro atoms. The van der Waals surface area contributed by atoms with E-state index in [1.807, 2.05) is 0 Å². The fourth-order valence-electron chi connectivity index (χ4n) is 2.24. The first kappa shape index (κ1) is 15.5. The number of amides is 1. The van der Waals surface area contributed by atoms with Crippen molar-refractivity contribution < 1.29 is 22.7 Å². The van der Waals surface area contributed by atoms with Gasteiger partial charge in [0, 0.05) is 19.8 Å². The Morgan fingerprint density at radius 3 is 2.74 bits per heavy atom. The number of carbonyl (C=O) groups is 1. The van der Waals surface area contributed by atoms with E-state index in [4.69, 9.17) is 16.3 Å². The molecule has 0 radical (unpaired) electrons. The summed E-state index contributed by atoms with van der Waals surface area (Å²) in [4.78, 5) is 20.6. The second-order valence-electron chi connectivity index (χ2n) is 4.91. The van der Waals surface area contributed by atoms with Gasteiger partial charge in [-0.05, 0) is 11.6 Å². The molecule has 0 fully saturated rings. The van der Waals surface area contributed by atoms with Gasteiger partial charge in [0.05, 0.1) is 5.56 Å². The zero-order valence-corrected chi connectivity index (χ0v) is 12.4. The third-order valence-corrected chi connectivity index (χ3v) is 3.60. The van der Waals surface area contributed by atoms with Gasteiger partial charge in [-0.15, -0.1) is 0 Å². The number of aromatic nitrogens is 2. The van der Waals surface area contributed by atoms with Crippen LogP contribution < -0.4 is 4.74 Å². The van der Waals surface area contributed by atoms with Gasteiger partial charge in [-0.2, -0.15) is 18.2 Å².